The summed E-state index contributed by atoms with van der Waals surface area (Å²) < 4.78 is 21.9. The van der Waals surface area contributed by atoms with Crippen LogP contribution in [-0.4, -0.2) is 98.9 Å². The lowest BCUT2D eigenvalue weighted by Gasteiger charge is -2.40. The Labute approximate surface area is 262 Å². The largest absolute Gasteiger partial charge is 0.469 e. The second-order valence-corrected chi connectivity index (χ2v) is 12.0. The van der Waals surface area contributed by atoms with Crippen LogP contribution in [0.3, 0.4) is 0 Å². The molecule has 1 N–H and O–H groups in total. The van der Waals surface area contributed by atoms with Crippen molar-refractivity contribution in [1.82, 2.24) is 15.1 Å². The zero-order valence-corrected chi connectivity index (χ0v) is 27.9. The number of alkyl carbamates (subject to hydrolysis) is 1. The Morgan fingerprint density at radius 2 is 1.68 bits per heavy atom. The molecule has 1 fully saturated rings. The number of nitrogens with zero attached hydrogens (tertiary/aromatic N) is 2. The maximum Gasteiger partial charge on any atom is 0.408 e. The van der Waals surface area contributed by atoms with Crippen molar-refractivity contribution in [1.29, 1.82) is 0 Å². The van der Waals surface area contributed by atoms with Crippen molar-refractivity contribution in [2.75, 3.05) is 34.9 Å². The molecule has 1 aromatic rings. The molecule has 1 aromatic carbocycles. The van der Waals surface area contributed by atoms with E-state index in [2.05, 4.69) is 5.32 Å². The molecule has 0 radical (unpaired) electrons. The lowest BCUT2D eigenvalue weighted by molar-refractivity contribution is -0.154. The molecule has 7 atom stereocenters. The molecule has 0 aromatic heterocycles. The van der Waals surface area contributed by atoms with Crippen molar-refractivity contribution in [3.8, 4) is 0 Å². The monoisotopic (exact) mass is 619 g/mol. The number of hydrogen-bond donors (Lipinski definition) is 1. The highest BCUT2D eigenvalue weighted by atomic mass is 16.5. The Morgan fingerprint density at radius 3 is 2.23 bits per heavy atom. The molecule has 11 heteroatoms. The van der Waals surface area contributed by atoms with Gasteiger partial charge < -0.3 is 34.1 Å². The van der Waals surface area contributed by atoms with Crippen LogP contribution in [-0.2, 0) is 39.9 Å². The topological polar surface area (TPSA) is 124 Å². The van der Waals surface area contributed by atoms with Crippen LogP contribution in [0.5, 0.6) is 0 Å². The van der Waals surface area contributed by atoms with Crippen molar-refractivity contribution in [3.63, 3.8) is 0 Å². The van der Waals surface area contributed by atoms with E-state index in [1.165, 1.54) is 7.11 Å². The minimum Gasteiger partial charge on any atom is -0.469 e. The molecular formula is C33H53N3O8. The van der Waals surface area contributed by atoms with Crippen LogP contribution >= 0.6 is 0 Å². The molecule has 1 aliphatic heterocycles. The number of benzene rings is 1. The number of rotatable bonds is 16. The van der Waals surface area contributed by atoms with Crippen molar-refractivity contribution < 1.29 is 38.1 Å². The number of likely N-dealkylation sites (tertiary alicyclic amines) is 1. The highest BCUT2D eigenvalue weighted by Gasteiger charge is 2.43. The van der Waals surface area contributed by atoms with Crippen molar-refractivity contribution in [3.05, 3.63) is 35.9 Å². The van der Waals surface area contributed by atoms with E-state index >= 15 is 0 Å². The second-order valence-electron chi connectivity index (χ2n) is 12.0. The van der Waals surface area contributed by atoms with Crippen LogP contribution in [0.25, 0.3) is 0 Å². The van der Waals surface area contributed by atoms with E-state index in [0.717, 1.165) is 18.4 Å². The predicted molar refractivity (Wildman–Crippen MR) is 167 cm³/mol. The van der Waals surface area contributed by atoms with Gasteiger partial charge in [-0.2, -0.15) is 0 Å². The Bertz CT molecular complexity index is 1070. The van der Waals surface area contributed by atoms with Crippen molar-refractivity contribution in [2.24, 2.45) is 17.8 Å². The van der Waals surface area contributed by atoms with E-state index in [4.69, 9.17) is 18.9 Å². The molecule has 1 heterocycles. The number of nitrogens with one attached hydrogen (secondary N) is 1. The van der Waals surface area contributed by atoms with E-state index in [1.54, 1.807) is 38.0 Å². The fourth-order valence-electron chi connectivity index (χ4n) is 6.10. The number of likely N-dealkylation sites (N-methyl/N-ethyl adjacent to an activating group) is 1. The van der Waals surface area contributed by atoms with E-state index in [1.807, 2.05) is 58.0 Å². The minimum absolute atomic E-state index is 0.0139. The summed E-state index contributed by atoms with van der Waals surface area (Å²) in [6.45, 7) is 10.1. The fourth-order valence-corrected chi connectivity index (χ4v) is 6.10. The predicted octanol–water partition coefficient (Wildman–Crippen LogP) is 4.03. The second kappa shape index (κ2) is 17.9. The van der Waals surface area contributed by atoms with Crippen LogP contribution in [0.4, 0.5) is 4.79 Å². The van der Waals surface area contributed by atoms with Gasteiger partial charge in [-0.1, -0.05) is 64.4 Å². The summed E-state index contributed by atoms with van der Waals surface area (Å²) >= 11 is 0. The first kappa shape index (κ1) is 37.0. The normalized spacial score (nSPS) is 19.0. The molecule has 2 rings (SSSR count). The molecule has 0 saturated carbocycles. The van der Waals surface area contributed by atoms with Gasteiger partial charge in [-0.15, -0.1) is 0 Å². The Kier molecular flexibility index (Phi) is 15.1. The molecule has 248 valence electrons. The summed E-state index contributed by atoms with van der Waals surface area (Å²) in [5.74, 6) is -1.58. The lowest BCUT2D eigenvalue weighted by Crippen LogP contribution is -2.57. The van der Waals surface area contributed by atoms with E-state index < -0.39 is 36.3 Å². The summed E-state index contributed by atoms with van der Waals surface area (Å²) in [4.78, 5) is 56.1. The highest BCUT2D eigenvalue weighted by Crippen LogP contribution is 2.29. The molecule has 1 aliphatic rings. The number of esters is 1. The molecule has 1 saturated heterocycles. The summed E-state index contributed by atoms with van der Waals surface area (Å²) in [5.41, 5.74) is 0.841. The molecule has 0 aliphatic carbocycles. The van der Waals surface area contributed by atoms with Gasteiger partial charge >= 0.3 is 12.1 Å². The summed E-state index contributed by atoms with van der Waals surface area (Å²) in [6, 6.07) is 7.75. The highest BCUT2D eigenvalue weighted by molar-refractivity contribution is 5.86. The van der Waals surface area contributed by atoms with E-state index in [-0.39, 0.29) is 48.7 Å². The first-order valence-electron chi connectivity index (χ1n) is 15.6. The third-order valence-corrected chi connectivity index (χ3v) is 8.84. The average molecular weight is 620 g/mol. The SMILES string of the molecule is CC[C@H](C)[C@@H]([C@@H](CC(=O)N1CCC[C@H]1C(OC)C(C)C(=O)OC)OC)N(C)C(=O)[C@@H](NC(=O)OCc1ccccc1)C(C)C. The number of carbonyl (C=O) groups excluding carboxylic acids is 4. The molecule has 44 heavy (non-hydrogen) atoms. The van der Waals surface area contributed by atoms with Crippen molar-refractivity contribution in [2.45, 2.75) is 97.2 Å². The Hall–Kier alpha value is -3.18. The zero-order valence-electron chi connectivity index (χ0n) is 27.9. The zero-order chi connectivity index (χ0) is 33.0. The minimum atomic E-state index is -0.840. The van der Waals surface area contributed by atoms with Gasteiger partial charge in [-0.25, -0.2) is 4.79 Å². The number of carbonyl (C=O) groups is 4. The van der Waals surface area contributed by atoms with Gasteiger partial charge in [0.05, 0.1) is 43.7 Å². The van der Waals surface area contributed by atoms with Crippen LogP contribution in [0, 0.1) is 17.8 Å². The smallest absolute Gasteiger partial charge is 0.408 e. The van der Waals surface area contributed by atoms with Crippen molar-refractivity contribution >= 4 is 23.9 Å². The molecular weight excluding hydrogens is 566 g/mol. The number of amides is 3. The van der Waals surface area contributed by atoms with E-state index in [9.17, 15) is 19.2 Å². The Balaban J connectivity index is 2.20. The van der Waals surface area contributed by atoms with Crippen LogP contribution in [0.1, 0.15) is 65.9 Å². The molecule has 0 bridgehead atoms. The number of hydrogen-bond acceptors (Lipinski definition) is 8. The van der Waals surface area contributed by atoms with Crippen LogP contribution in [0.2, 0.25) is 0 Å². The maximum absolute atomic E-state index is 13.9. The van der Waals surface area contributed by atoms with Gasteiger partial charge in [0.2, 0.25) is 11.8 Å². The first-order chi connectivity index (χ1) is 20.9. The average Bonchev–Trinajstić information content (AvgIpc) is 3.51. The van der Waals surface area contributed by atoms with Gasteiger partial charge in [-0.3, -0.25) is 14.4 Å². The summed E-state index contributed by atoms with van der Waals surface area (Å²) in [7, 11) is 6.12. The van der Waals surface area contributed by atoms with Gasteiger partial charge in [-0.05, 0) is 37.2 Å². The van der Waals surface area contributed by atoms with Gasteiger partial charge in [0.15, 0.2) is 0 Å². The summed E-state index contributed by atoms with van der Waals surface area (Å²) in [5, 5.41) is 2.75. The van der Waals surface area contributed by atoms with Crippen LogP contribution in [0.15, 0.2) is 30.3 Å². The van der Waals surface area contributed by atoms with Gasteiger partial charge in [0.25, 0.3) is 0 Å². The molecule has 3 amide bonds. The standard InChI is InChI=1S/C33H53N3O8/c1-10-22(4)29(35(6)31(38)28(21(2)3)34-33(40)44-20-24-15-12-11-13-16-24)26(41-7)19-27(37)36-18-14-17-25(36)30(42-8)23(5)32(39)43-9/h11-13,15-16,21-23,25-26,28-30H,10,14,17-20H2,1-9H3,(H,34,40)/t22-,23?,25-,26+,28-,29-,30?/m0/s1. The first-order valence-corrected chi connectivity index (χ1v) is 15.6. The fraction of sp³-hybridized carbons (Fsp3) is 0.697. The number of ether oxygens (including phenoxy) is 4. The Morgan fingerprint density at radius 1 is 1.02 bits per heavy atom. The number of methoxy groups -OCH3 is 3. The third-order valence-electron chi connectivity index (χ3n) is 8.84. The van der Waals surface area contributed by atoms with Gasteiger partial charge in [0, 0.05) is 27.8 Å². The van der Waals surface area contributed by atoms with Gasteiger partial charge in [0.1, 0.15) is 12.6 Å². The van der Waals surface area contributed by atoms with Crippen LogP contribution < -0.4 is 5.32 Å². The maximum atomic E-state index is 13.9. The van der Waals surface area contributed by atoms with E-state index in [0.29, 0.717) is 13.0 Å². The molecule has 2 unspecified atom stereocenters. The molecule has 11 nitrogen and oxygen atoms in total. The lowest BCUT2D eigenvalue weighted by atomic mass is 9.89. The quantitative estimate of drug-likeness (QED) is 0.275. The third kappa shape index (κ3) is 9.66. The molecule has 0 spiro atoms. The summed E-state index contributed by atoms with van der Waals surface area (Å²) in [6.07, 6.45) is 0.483.